The van der Waals surface area contributed by atoms with E-state index in [4.69, 9.17) is 20.8 Å². The van der Waals surface area contributed by atoms with E-state index in [9.17, 15) is 22.7 Å². The number of carbonyl (C=O) groups is 1. The summed E-state index contributed by atoms with van der Waals surface area (Å²) < 4.78 is 48.7. The van der Waals surface area contributed by atoms with Crippen molar-refractivity contribution in [3.05, 3.63) is 29.0 Å². The molecule has 0 spiro atoms. The minimum Gasteiger partial charge on any atom is -0.502 e. The van der Waals surface area contributed by atoms with Crippen LogP contribution < -0.4 is 9.04 Å². The van der Waals surface area contributed by atoms with Gasteiger partial charge in [0.2, 0.25) is 21.5 Å². The lowest BCUT2D eigenvalue weighted by Crippen LogP contribution is -2.28. The number of anilines is 1. The molecular formula is C15H15ClFNO6S. The van der Waals surface area contributed by atoms with Crippen LogP contribution in [-0.4, -0.2) is 32.3 Å². The van der Waals surface area contributed by atoms with Gasteiger partial charge in [-0.05, 0) is 25.1 Å². The second-order valence-electron chi connectivity index (χ2n) is 5.00. The van der Waals surface area contributed by atoms with Gasteiger partial charge in [-0.2, -0.15) is 0 Å². The number of esters is 1. The van der Waals surface area contributed by atoms with Crippen LogP contribution in [0, 0.1) is 5.82 Å². The number of hydrogen-bond donors (Lipinski definition) is 1. The van der Waals surface area contributed by atoms with Crippen molar-refractivity contribution in [1.29, 1.82) is 0 Å². The smallest absolute Gasteiger partial charge is 0.308 e. The van der Waals surface area contributed by atoms with Crippen LogP contribution in [0.4, 0.5) is 10.3 Å². The summed E-state index contributed by atoms with van der Waals surface area (Å²) in [6, 6.07) is 3.34. The van der Waals surface area contributed by atoms with Crippen molar-refractivity contribution in [3.63, 3.8) is 0 Å². The number of benzene rings is 1. The quantitative estimate of drug-likeness (QED) is 0.786. The van der Waals surface area contributed by atoms with E-state index in [1.165, 1.54) is 20.0 Å². The van der Waals surface area contributed by atoms with Crippen molar-refractivity contribution < 1.29 is 31.9 Å². The Kier molecular flexibility index (Phi) is 5.28. The van der Waals surface area contributed by atoms with Gasteiger partial charge in [-0.15, -0.1) is 0 Å². The Morgan fingerprint density at radius 2 is 2.08 bits per heavy atom. The summed E-state index contributed by atoms with van der Waals surface area (Å²) in [5.41, 5.74) is -0.0267. The summed E-state index contributed by atoms with van der Waals surface area (Å²) in [5.74, 6) is -3.64. The number of aromatic hydroxyl groups is 1. The third-order valence-electron chi connectivity index (χ3n) is 3.31. The minimum absolute atomic E-state index is 0.0267. The second-order valence-corrected chi connectivity index (χ2v) is 7.70. The second kappa shape index (κ2) is 6.93. The predicted octanol–water partition coefficient (Wildman–Crippen LogP) is 3.16. The van der Waals surface area contributed by atoms with E-state index >= 15 is 0 Å². The van der Waals surface area contributed by atoms with Gasteiger partial charge in [0.25, 0.3) is 5.88 Å². The molecule has 1 aromatic heterocycles. The molecule has 10 heteroatoms. The maximum Gasteiger partial charge on any atom is 0.308 e. The van der Waals surface area contributed by atoms with E-state index in [0.29, 0.717) is 0 Å². The summed E-state index contributed by atoms with van der Waals surface area (Å²) in [6.45, 7) is 2.48. The average molecular weight is 392 g/mol. The van der Waals surface area contributed by atoms with Gasteiger partial charge in [-0.1, -0.05) is 11.6 Å². The average Bonchev–Trinajstić information content (AvgIpc) is 2.85. The molecule has 0 unspecified atom stereocenters. The largest absolute Gasteiger partial charge is 0.502 e. The first-order chi connectivity index (χ1) is 11.6. The summed E-state index contributed by atoms with van der Waals surface area (Å²) in [5, 5.41) is 10.4. The molecule has 1 heterocycles. The van der Waals surface area contributed by atoms with Crippen molar-refractivity contribution in [3.8, 4) is 22.8 Å². The highest BCUT2D eigenvalue weighted by Crippen LogP contribution is 2.49. The van der Waals surface area contributed by atoms with Crippen molar-refractivity contribution in [2.24, 2.45) is 0 Å². The molecule has 0 saturated heterocycles. The first kappa shape index (κ1) is 19.1. The number of nitrogens with zero attached hydrogens (tertiary/aromatic N) is 1. The molecule has 136 valence electrons. The number of ether oxygens (including phenoxy) is 1. The molecule has 0 fully saturated rings. The number of hydrogen-bond acceptors (Lipinski definition) is 6. The molecular weight excluding hydrogens is 377 g/mol. The van der Waals surface area contributed by atoms with Gasteiger partial charge in [0.1, 0.15) is 5.82 Å². The van der Waals surface area contributed by atoms with Crippen molar-refractivity contribution in [2.75, 3.05) is 17.1 Å². The van der Waals surface area contributed by atoms with Gasteiger partial charge < -0.3 is 14.3 Å². The maximum atomic E-state index is 13.5. The monoisotopic (exact) mass is 391 g/mol. The number of halogens is 2. The Hall–Kier alpha value is -2.26. The Labute approximate surface area is 148 Å². The zero-order valence-electron chi connectivity index (χ0n) is 13.5. The topological polar surface area (TPSA) is 97.1 Å². The molecule has 0 aliphatic heterocycles. The van der Waals surface area contributed by atoms with Crippen molar-refractivity contribution >= 4 is 33.5 Å². The maximum absolute atomic E-state index is 13.5. The van der Waals surface area contributed by atoms with E-state index in [1.54, 1.807) is 0 Å². The Morgan fingerprint density at radius 1 is 1.44 bits per heavy atom. The van der Waals surface area contributed by atoms with Crippen LogP contribution in [0.25, 0.3) is 11.3 Å². The van der Waals surface area contributed by atoms with E-state index in [1.807, 2.05) is 0 Å². The number of sulfonamides is 1. The summed E-state index contributed by atoms with van der Waals surface area (Å²) in [4.78, 5) is 11.3. The molecule has 0 radical (unpaired) electrons. The minimum atomic E-state index is -3.78. The molecule has 25 heavy (non-hydrogen) atoms. The molecule has 0 amide bonds. The Morgan fingerprint density at radius 3 is 2.64 bits per heavy atom. The van der Waals surface area contributed by atoms with E-state index in [0.717, 1.165) is 23.4 Å². The number of furan rings is 1. The zero-order chi connectivity index (χ0) is 18.9. The van der Waals surface area contributed by atoms with Gasteiger partial charge in [-0.25, -0.2) is 17.1 Å². The lowest BCUT2D eigenvalue weighted by atomic mass is 10.1. The summed E-state index contributed by atoms with van der Waals surface area (Å²) >= 11 is 5.99. The van der Waals surface area contributed by atoms with Gasteiger partial charge in [-0.3, -0.25) is 4.79 Å². The molecule has 2 rings (SSSR count). The molecule has 1 N–H and O–H groups in total. The van der Waals surface area contributed by atoms with Crippen LogP contribution in [0.1, 0.15) is 13.8 Å². The molecule has 0 saturated carbocycles. The standard InChI is InChI=1S/C15H15ClFNO6S/c1-4-25(21,22)18(3)15-14(23-8(2)19)12(20)13(24-15)10-7-9(17)5-6-11(10)16/h5-7,20H,4H2,1-3H3. The predicted molar refractivity (Wildman–Crippen MR) is 89.9 cm³/mol. The van der Waals surface area contributed by atoms with Crippen LogP contribution in [0.3, 0.4) is 0 Å². The lowest BCUT2D eigenvalue weighted by molar-refractivity contribution is -0.132. The zero-order valence-corrected chi connectivity index (χ0v) is 15.1. The molecule has 2 aromatic rings. The van der Waals surface area contributed by atoms with Gasteiger partial charge in [0.05, 0.1) is 10.8 Å². The van der Waals surface area contributed by atoms with Crippen LogP contribution >= 0.6 is 11.6 Å². The first-order valence-corrected chi connectivity index (χ1v) is 9.03. The highest BCUT2D eigenvalue weighted by molar-refractivity contribution is 7.92. The number of carbonyl (C=O) groups excluding carboxylic acids is 1. The Bertz CT molecular complexity index is 924. The van der Waals surface area contributed by atoms with Crippen LogP contribution in [0.5, 0.6) is 11.5 Å². The SMILES string of the molecule is CCS(=O)(=O)N(C)c1oc(-c2cc(F)ccc2Cl)c(O)c1OC(C)=O. The fourth-order valence-corrected chi connectivity index (χ4v) is 2.98. The molecule has 0 atom stereocenters. The van der Waals surface area contributed by atoms with E-state index in [2.05, 4.69) is 0 Å². The van der Waals surface area contributed by atoms with Crippen LogP contribution in [0.15, 0.2) is 22.6 Å². The van der Waals surface area contributed by atoms with Gasteiger partial charge in [0, 0.05) is 19.5 Å². The molecule has 0 bridgehead atoms. The van der Waals surface area contributed by atoms with Gasteiger partial charge in [0.15, 0.2) is 5.76 Å². The van der Waals surface area contributed by atoms with E-state index < -0.39 is 39.2 Å². The number of rotatable bonds is 5. The van der Waals surface area contributed by atoms with Crippen molar-refractivity contribution in [1.82, 2.24) is 0 Å². The van der Waals surface area contributed by atoms with Crippen molar-refractivity contribution in [2.45, 2.75) is 13.8 Å². The molecule has 7 nitrogen and oxygen atoms in total. The molecule has 0 aliphatic carbocycles. The van der Waals surface area contributed by atoms with Gasteiger partial charge >= 0.3 is 5.97 Å². The van der Waals surface area contributed by atoms with E-state index in [-0.39, 0.29) is 22.1 Å². The normalized spacial score (nSPS) is 11.4. The fourth-order valence-electron chi connectivity index (χ4n) is 2.01. The van der Waals surface area contributed by atoms with Crippen LogP contribution in [-0.2, 0) is 14.8 Å². The lowest BCUT2D eigenvalue weighted by Gasteiger charge is -2.16. The summed E-state index contributed by atoms with van der Waals surface area (Å²) in [6.07, 6.45) is 0. The third kappa shape index (κ3) is 3.72. The molecule has 0 aliphatic rings. The first-order valence-electron chi connectivity index (χ1n) is 7.04. The summed E-state index contributed by atoms with van der Waals surface area (Å²) in [7, 11) is -2.62. The Balaban J connectivity index is 2.72. The molecule has 1 aromatic carbocycles. The highest BCUT2D eigenvalue weighted by atomic mass is 35.5. The highest BCUT2D eigenvalue weighted by Gasteiger charge is 2.31. The van der Waals surface area contributed by atoms with Crippen LogP contribution in [0.2, 0.25) is 5.02 Å². The third-order valence-corrected chi connectivity index (χ3v) is 5.37. The fraction of sp³-hybridized carbons (Fsp3) is 0.267.